The van der Waals surface area contributed by atoms with Crippen LogP contribution in [0.3, 0.4) is 0 Å². The van der Waals surface area contributed by atoms with Gasteiger partial charge in [0.25, 0.3) is 0 Å². The van der Waals surface area contributed by atoms with Crippen LogP contribution in [0.1, 0.15) is 43.0 Å². The molecule has 1 aromatic rings. The largest absolute Gasteiger partial charge is 0.496 e. The minimum atomic E-state index is -0.274. The average Bonchev–Trinajstić information content (AvgIpc) is 2.80. The maximum Gasteiger partial charge on any atom is 0.128 e. The smallest absolute Gasteiger partial charge is 0.128 e. The molecule has 1 aliphatic rings. The number of hydrogen-bond donors (Lipinski definition) is 1. The second-order valence-corrected chi connectivity index (χ2v) is 6.00. The van der Waals surface area contributed by atoms with Gasteiger partial charge >= 0.3 is 0 Å². The summed E-state index contributed by atoms with van der Waals surface area (Å²) in [6, 6.07) is 0. The summed E-state index contributed by atoms with van der Waals surface area (Å²) in [5.74, 6) is 2.08. The standard InChI is InChI=1S/C16H25NO2/c1-10-5-6-13(7-10)15(18)8-14-12(3)16(19-4)11(2)9-17-14/h9-10,13,15,18H,5-8H2,1-4H3. The lowest BCUT2D eigenvalue weighted by Crippen LogP contribution is -2.22. The van der Waals surface area contributed by atoms with Gasteiger partial charge in [-0.15, -0.1) is 0 Å². The Morgan fingerprint density at radius 1 is 1.42 bits per heavy atom. The predicted molar refractivity (Wildman–Crippen MR) is 76.5 cm³/mol. The Hall–Kier alpha value is -1.09. The molecular formula is C16H25NO2. The zero-order chi connectivity index (χ0) is 14.0. The maximum absolute atomic E-state index is 10.4. The van der Waals surface area contributed by atoms with Crippen molar-refractivity contribution >= 4 is 0 Å². The topological polar surface area (TPSA) is 42.4 Å². The third kappa shape index (κ3) is 3.08. The molecule has 0 radical (unpaired) electrons. The summed E-state index contributed by atoms with van der Waals surface area (Å²) in [6.07, 6.45) is 5.73. The van der Waals surface area contributed by atoms with Gasteiger partial charge in [0, 0.05) is 29.4 Å². The number of aromatic nitrogens is 1. The second-order valence-electron chi connectivity index (χ2n) is 6.00. The zero-order valence-electron chi connectivity index (χ0n) is 12.4. The number of aliphatic hydroxyl groups excluding tert-OH is 1. The molecule has 3 unspecified atom stereocenters. The first-order valence-corrected chi connectivity index (χ1v) is 7.20. The van der Waals surface area contributed by atoms with Crippen molar-refractivity contribution in [2.24, 2.45) is 11.8 Å². The van der Waals surface area contributed by atoms with E-state index in [0.29, 0.717) is 12.3 Å². The van der Waals surface area contributed by atoms with Crippen LogP contribution in [-0.2, 0) is 6.42 Å². The molecule has 2 rings (SSSR count). The molecular weight excluding hydrogens is 238 g/mol. The van der Waals surface area contributed by atoms with Gasteiger partial charge in [0.2, 0.25) is 0 Å². The van der Waals surface area contributed by atoms with Crippen molar-refractivity contribution in [1.82, 2.24) is 4.98 Å². The minimum Gasteiger partial charge on any atom is -0.496 e. The van der Waals surface area contributed by atoms with Gasteiger partial charge in [-0.2, -0.15) is 0 Å². The molecule has 3 nitrogen and oxygen atoms in total. The van der Waals surface area contributed by atoms with Crippen molar-refractivity contribution in [1.29, 1.82) is 0 Å². The average molecular weight is 263 g/mol. The molecule has 3 heteroatoms. The summed E-state index contributed by atoms with van der Waals surface area (Å²) in [6.45, 7) is 6.29. The lowest BCUT2D eigenvalue weighted by Gasteiger charge is -2.19. The van der Waals surface area contributed by atoms with E-state index in [1.807, 2.05) is 20.0 Å². The molecule has 106 valence electrons. The summed E-state index contributed by atoms with van der Waals surface area (Å²) in [5.41, 5.74) is 3.08. The number of pyridine rings is 1. The van der Waals surface area contributed by atoms with E-state index < -0.39 is 0 Å². The molecule has 0 spiro atoms. The fourth-order valence-corrected chi connectivity index (χ4v) is 3.24. The molecule has 0 amide bonds. The lowest BCUT2D eigenvalue weighted by atomic mass is 9.94. The first-order valence-electron chi connectivity index (χ1n) is 7.20. The van der Waals surface area contributed by atoms with E-state index in [0.717, 1.165) is 41.3 Å². The molecule has 1 aromatic heterocycles. The van der Waals surface area contributed by atoms with Crippen LogP contribution in [0.25, 0.3) is 0 Å². The van der Waals surface area contributed by atoms with Crippen molar-refractivity contribution in [3.8, 4) is 5.75 Å². The third-order valence-electron chi connectivity index (χ3n) is 4.43. The quantitative estimate of drug-likeness (QED) is 0.908. The molecule has 0 bridgehead atoms. The van der Waals surface area contributed by atoms with Crippen molar-refractivity contribution < 1.29 is 9.84 Å². The molecule has 1 N–H and O–H groups in total. The summed E-state index contributed by atoms with van der Waals surface area (Å²) in [7, 11) is 1.69. The highest BCUT2D eigenvalue weighted by Crippen LogP contribution is 2.34. The van der Waals surface area contributed by atoms with Crippen LogP contribution in [0.4, 0.5) is 0 Å². The molecule has 0 aliphatic heterocycles. The summed E-state index contributed by atoms with van der Waals surface area (Å²) in [5, 5.41) is 10.4. The molecule has 1 saturated carbocycles. The van der Waals surface area contributed by atoms with Crippen LogP contribution in [0.2, 0.25) is 0 Å². The second kappa shape index (κ2) is 5.91. The molecule has 19 heavy (non-hydrogen) atoms. The van der Waals surface area contributed by atoms with Crippen LogP contribution in [0.15, 0.2) is 6.20 Å². The Kier molecular flexibility index (Phi) is 4.46. The number of rotatable bonds is 4. The SMILES string of the molecule is COc1c(C)cnc(CC(O)C2CCC(C)C2)c1C. The lowest BCUT2D eigenvalue weighted by molar-refractivity contribution is 0.108. The van der Waals surface area contributed by atoms with E-state index >= 15 is 0 Å². The van der Waals surface area contributed by atoms with E-state index in [-0.39, 0.29) is 6.10 Å². The van der Waals surface area contributed by atoms with Crippen molar-refractivity contribution in [3.63, 3.8) is 0 Å². The monoisotopic (exact) mass is 263 g/mol. The van der Waals surface area contributed by atoms with Crippen LogP contribution < -0.4 is 4.74 Å². The Balaban J connectivity index is 2.11. The van der Waals surface area contributed by atoms with E-state index in [9.17, 15) is 5.11 Å². The highest BCUT2D eigenvalue weighted by Gasteiger charge is 2.28. The first-order chi connectivity index (χ1) is 9.02. The van der Waals surface area contributed by atoms with Gasteiger partial charge in [-0.05, 0) is 38.5 Å². The molecule has 1 aliphatic carbocycles. The molecule has 1 fully saturated rings. The maximum atomic E-state index is 10.4. The first kappa shape index (κ1) is 14.3. The fourth-order valence-electron chi connectivity index (χ4n) is 3.24. The minimum absolute atomic E-state index is 0.274. The van der Waals surface area contributed by atoms with Gasteiger partial charge < -0.3 is 9.84 Å². The Morgan fingerprint density at radius 2 is 2.16 bits per heavy atom. The van der Waals surface area contributed by atoms with E-state index in [1.165, 1.54) is 6.42 Å². The third-order valence-corrected chi connectivity index (χ3v) is 4.43. The highest BCUT2D eigenvalue weighted by atomic mass is 16.5. The van der Waals surface area contributed by atoms with Crippen LogP contribution in [0.5, 0.6) is 5.75 Å². The van der Waals surface area contributed by atoms with Crippen molar-refractivity contribution in [2.75, 3.05) is 7.11 Å². The van der Waals surface area contributed by atoms with Gasteiger partial charge in [-0.1, -0.05) is 13.3 Å². The molecule has 1 heterocycles. The van der Waals surface area contributed by atoms with Gasteiger partial charge in [-0.25, -0.2) is 0 Å². The van der Waals surface area contributed by atoms with E-state index in [4.69, 9.17) is 4.74 Å². The fraction of sp³-hybridized carbons (Fsp3) is 0.688. The number of nitrogens with zero attached hydrogens (tertiary/aromatic N) is 1. The number of methoxy groups -OCH3 is 1. The Labute approximate surface area is 116 Å². The number of ether oxygens (including phenoxy) is 1. The van der Waals surface area contributed by atoms with Crippen molar-refractivity contribution in [2.45, 2.75) is 52.6 Å². The van der Waals surface area contributed by atoms with E-state index in [1.54, 1.807) is 7.11 Å². The molecule has 3 atom stereocenters. The summed E-state index contributed by atoms with van der Waals surface area (Å²) >= 11 is 0. The zero-order valence-corrected chi connectivity index (χ0v) is 12.4. The normalized spacial score (nSPS) is 24.5. The van der Waals surface area contributed by atoms with Gasteiger partial charge in [-0.3, -0.25) is 4.98 Å². The summed E-state index contributed by atoms with van der Waals surface area (Å²) in [4.78, 5) is 4.48. The van der Waals surface area contributed by atoms with Gasteiger partial charge in [0.1, 0.15) is 5.75 Å². The van der Waals surface area contributed by atoms with Gasteiger partial charge in [0.15, 0.2) is 0 Å². The molecule has 0 aromatic carbocycles. The predicted octanol–water partition coefficient (Wildman–Crippen LogP) is 3.05. The Bertz CT molecular complexity index is 445. The van der Waals surface area contributed by atoms with Crippen LogP contribution >= 0.6 is 0 Å². The number of aliphatic hydroxyl groups is 1. The summed E-state index contributed by atoms with van der Waals surface area (Å²) < 4.78 is 5.42. The highest BCUT2D eigenvalue weighted by molar-refractivity contribution is 5.41. The van der Waals surface area contributed by atoms with Crippen LogP contribution in [-0.4, -0.2) is 23.3 Å². The number of hydrogen-bond acceptors (Lipinski definition) is 3. The van der Waals surface area contributed by atoms with E-state index in [2.05, 4.69) is 11.9 Å². The molecule has 0 saturated heterocycles. The van der Waals surface area contributed by atoms with Gasteiger partial charge in [0.05, 0.1) is 13.2 Å². The number of aryl methyl sites for hydroxylation is 1. The van der Waals surface area contributed by atoms with Crippen LogP contribution in [0, 0.1) is 25.7 Å². The Morgan fingerprint density at radius 3 is 2.74 bits per heavy atom. The van der Waals surface area contributed by atoms with Crippen molar-refractivity contribution in [3.05, 3.63) is 23.0 Å².